The highest BCUT2D eigenvalue weighted by molar-refractivity contribution is 6.06. The van der Waals surface area contributed by atoms with Gasteiger partial charge < -0.3 is 20.4 Å². The lowest BCUT2D eigenvalue weighted by molar-refractivity contribution is 0.101. The molecule has 0 bridgehead atoms. The average Bonchev–Trinajstić information content (AvgIpc) is 2.89. The number of nitrogens with zero attached hydrogens (tertiary/aromatic N) is 4. The minimum atomic E-state index is -0.258. The van der Waals surface area contributed by atoms with E-state index in [9.17, 15) is 9.59 Å². The maximum Gasteiger partial charge on any atom is 0.255 e. The Hall–Kier alpha value is -4.72. The van der Waals surface area contributed by atoms with E-state index in [-0.39, 0.29) is 11.8 Å². The predicted octanol–water partition coefficient (Wildman–Crippen LogP) is 4.78. The molecule has 36 heavy (non-hydrogen) atoms. The molecule has 0 aliphatic heterocycles. The van der Waals surface area contributed by atoms with E-state index in [2.05, 4.69) is 20.6 Å². The van der Waals surface area contributed by atoms with Crippen molar-refractivity contribution >= 4 is 34.6 Å². The molecule has 2 heterocycles. The summed E-state index contributed by atoms with van der Waals surface area (Å²) in [6.07, 6.45) is 3.11. The Labute approximate surface area is 210 Å². The molecule has 182 valence electrons. The van der Waals surface area contributed by atoms with Crippen molar-refractivity contribution in [1.29, 1.82) is 0 Å². The third-order valence-corrected chi connectivity index (χ3v) is 5.59. The zero-order chi connectivity index (χ0) is 25.7. The number of nitrogens with one attached hydrogen (secondary N) is 2. The molecule has 0 spiro atoms. The van der Waals surface area contributed by atoms with E-state index in [1.54, 1.807) is 36.7 Å². The highest BCUT2D eigenvalue weighted by Crippen LogP contribution is 2.21. The lowest BCUT2D eigenvalue weighted by Crippen LogP contribution is -2.13. The third kappa shape index (κ3) is 5.85. The molecule has 2 amide bonds. The number of benzene rings is 2. The van der Waals surface area contributed by atoms with Crippen molar-refractivity contribution in [1.82, 2.24) is 9.97 Å². The van der Waals surface area contributed by atoms with Crippen LogP contribution in [0.2, 0.25) is 0 Å². The smallest absolute Gasteiger partial charge is 0.255 e. The van der Waals surface area contributed by atoms with Gasteiger partial charge in [0.1, 0.15) is 0 Å². The van der Waals surface area contributed by atoms with E-state index >= 15 is 0 Å². The predicted molar refractivity (Wildman–Crippen MR) is 145 cm³/mol. The number of hydrogen-bond acceptors (Lipinski definition) is 6. The summed E-state index contributed by atoms with van der Waals surface area (Å²) in [7, 11) is 7.84. The maximum atomic E-state index is 12.8. The fourth-order valence-electron chi connectivity index (χ4n) is 3.52. The quantitative estimate of drug-likeness (QED) is 0.396. The van der Waals surface area contributed by atoms with Crippen molar-refractivity contribution in [3.05, 3.63) is 96.3 Å². The van der Waals surface area contributed by atoms with E-state index in [4.69, 9.17) is 0 Å². The van der Waals surface area contributed by atoms with Crippen molar-refractivity contribution in [2.45, 2.75) is 0 Å². The molecule has 0 fully saturated rings. The highest BCUT2D eigenvalue weighted by Gasteiger charge is 2.13. The lowest BCUT2D eigenvalue weighted by atomic mass is 10.1. The van der Waals surface area contributed by atoms with Gasteiger partial charge in [0.15, 0.2) is 0 Å². The second-order valence-electron chi connectivity index (χ2n) is 8.65. The van der Waals surface area contributed by atoms with Crippen molar-refractivity contribution in [3.8, 4) is 11.4 Å². The molecular formula is C28H28N6O2. The van der Waals surface area contributed by atoms with Crippen molar-refractivity contribution < 1.29 is 9.59 Å². The lowest BCUT2D eigenvalue weighted by Gasteiger charge is -2.13. The van der Waals surface area contributed by atoms with Crippen LogP contribution < -0.4 is 20.4 Å². The summed E-state index contributed by atoms with van der Waals surface area (Å²) in [5, 5.41) is 5.80. The standard InChI is InChI=1S/C28H28N6O2/c1-33(2)23-9-5-21(6-10-23)31-27(35)19-13-15-29-25(17-19)26-18-20(14-16-30-26)28(36)32-22-7-11-24(12-8-22)34(3)4/h5-18H,1-4H3,(H,31,35)(H,32,36). The third-order valence-electron chi connectivity index (χ3n) is 5.59. The first kappa shape index (κ1) is 24.4. The average molecular weight is 481 g/mol. The van der Waals surface area contributed by atoms with Crippen molar-refractivity contribution in [2.75, 3.05) is 48.6 Å². The Morgan fingerprint density at radius 1 is 0.583 bits per heavy atom. The van der Waals surface area contributed by atoms with Gasteiger partial charge in [-0.3, -0.25) is 19.6 Å². The van der Waals surface area contributed by atoms with Gasteiger partial charge in [-0.05, 0) is 72.8 Å². The van der Waals surface area contributed by atoms with Gasteiger partial charge in [-0.15, -0.1) is 0 Å². The number of anilines is 4. The van der Waals surface area contributed by atoms with Gasteiger partial charge in [0.2, 0.25) is 0 Å². The molecule has 4 aromatic rings. The molecule has 2 aromatic carbocycles. The molecule has 0 radical (unpaired) electrons. The van der Waals surface area contributed by atoms with E-state index in [0.717, 1.165) is 11.4 Å². The largest absolute Gasteiger partial charge is 0.378 e. The van der Waals surface area contributed by atoms with E-state index in [1.807, 2.05) is 86.5 Å². The first-order valence-electron chi connectivity index (χ1n) is 11.4. The number of pyridine rings is 2. The Balaban J connectivity index is 1.48. The molecule has 0 unspecified atom stereocenters. The molecule has 8 heteroatoms. The summed E-state index contributed by atoms with van der Waals surface area (Å²) in [6, 6.07) is 21.8. The Bertz CT molecular complexity index is 1260. The summed E-state index contributed by atoms with van der Waals surface area (Å²) in [5.74, 6) is -0.516. The molecule has 0 saturated heterocycles. The van der Waals surface area contributed by atoms with E-state index < -0.39 is 0 Å². The molecule has 2 aromatic heterocycles. The van der Waals surface area contributed by atoms with Crippen LogP contribution in [0, 0.1) is 0 Å². The van der Waals surface area contributed by atoms with Gasteiger partial charge >= 0.3 is 0 Å². The van der Waals surface area contributed by atoms with Gasteiger partial charge in [0.05, 0.1) is 11.4 Å². The van der Waals surface area contributed by atoms with E-state index in [0.29, 0.717) is 33.9 Å². The summed E-state index contributed by atoms with van der Waals surface area (Å²) < 4.78 is 0. The van der Waals surface area contributed by atoms with Crippen LogP contribution in [0.4, 0.5) is 22.7 Å². The topological polar surface area (TPSA) is 90.5 Å². The van der Waals surface area contributed by atoms with Crippen LogP contribution in [0.5, 0.6) is 0 Å². The molecule has 8 nitrogen and oxygen atoms in total. The van der Waals surface area contributed by atoms with Crippen LogP contribution in [0.3, 0.4) is 0 Å². The number of rotatable bonds is 7. The van der Waals surface area contributed by atoms with Crippen LogP contribution in [0.15, 0.2) is 85.2 Å². The Morgan fingerprint density at radius 3 is 1.28 bits per heavy atom. The monoisotopic (exact) mass is 480 g/mol. The van der Waals surface area contributed by atoms with E-state index in [1.165, 1.54) is 0 Å². The normalized spacial score (nSPS) is 10.4. The minimum Gasteiger partial charge on any atom is -0.378 e. The van der Waals surface area contributed by atoms with Crippen molar-refractivity contribution in [3.63, 3.8) is 0 Å². The van der Waals surface area contributed by atoms with Crippen molar-refractivity contribution in [2.24, 2.45) is 0 Å². The van der Waals surface area contributed by atoms with Gasteiger partial charge in [-0.2, -0.15) is 0 Å². The number of amides is 2. The summed E-state index contributed by atoms with van der Waals surface area (Å²) in [5.41, 5.74) is 5.34. The minimum absolute atomic E-state index is 0.258. The molecular weight excluding hydrogens is 452 g/mol. The van der Waals surface area contributed by atoms with Crippen LogP contribution in [-0.4, -0.2) is 50.0 Å². The number of carbonyl (C=O) groups excluding carboxylic acids is 2. The fraction of sp³-hybridized carbons (Fsp3) is 0.143. The molecule has 2 N–H and O–H groups in total. The van der Waals surface area contributed by atoms with Crippen LogP contribution in [-0.2, 0) is 0 Å². The molecule has 4 rings (SSSR count). The summed E-state index contributed by atoms with van der Waals surface area (Å²) in [4.78, 5) is 38.3. The first-order valence-corrected chi connectivity index (χ1v) is 11.4. The molecule has 0 aliphatic rings. The first-order chi connectivity index (χ1) is 17.3. The second kappa shape index (κ2) is 10.7. The number of hydrogen-bond donors (Lipinski definition) is 2. The molecule has 0 saturated carbocycles. The number of carbonyl (C=O) groups is 2. The zero-order valence-electron chi connectivity index (χ0n) is 20.7. The van der Waals surface area contributed by atoms with Crippen LogP contribution >= 0.6 is 0 Å². The Morgan fingerprint density at radius 2 is 0.944 bits per heavy atom. The number of aromatic nitrogens is 2. The fourth-order valence-corrected chi connectivity index (χ4v) is 3.52. The highest BCUT2D eigenvalue weighted by atomic mass is 16.2. The Kier molecular flexibility index (Phi) is 7.25. The zero-order valence-corrected chi connectivity index (χ0v) is 20.7. The van der Waals surface area contributed by atoms with Gasteiger partial charge in [-0.1, -0.05) is 0 Å². The maximum absolute atomic E-state index is 12.8. The summed E-state index contributed by atoms with van der Waals surface area (Å²) in [6.45, 7) is 0. The SMILES string of the molecule is CN(C)c1ccc(NC(=O)c2ccnc(-c3cc(C(=O)Nc4ccc(N(C)C)cc4)ccn3)c2)cc1. The van der Waals surface area contributed by atoms with Crippen LogP contribution in [0.1, 0.15) is 20.7 Å². The molecule has 0 aliphatic carbocycles. The van der Waals surface area contributed by atoms with Gasteiger partial charge in [0, 0.05) is 74.5 Å². The molecule has 0 atom stereocenters. The van der Waals surface area contributed by atoms with Gasteiger partial charge in [0.25, 0.3) is 11.8 Å². The summed E-state index contributed by atoms with van der Waals surface area (Å²) >= 11 is 0. The van der Waals surface area contributed by atoms with Crippen LogP contribution in [0.25, 0.3) is 11.4 Å². The van der Waals surface area contributed by atoms with Gasteiger partial charge in [-0.25, -0.2) is 0 Å². The second-order valence-corrected chi connectivity index (χ2v) is 8.65.